The third-order valence-corrected chi connectivity index (χ3v) is 2.14. The van der Waals surface area contributed by atoms with E-state index in [2.05, 4.69) is 5.32 Å². The molecular weight excluding hydrogens is 198 g/mol. The van der Waals surface area contributed by atoms with E-state index in [0.29, 0.717) is 6.61 Å². The topological polar surface area (TPSA) is 71.1 Å². The molecule has 1 rings (SSSR count). The molecule has 0 spiro atoms. The van der Waals surface area contributed by atoms with Crippen LogP contribution in [0.2, 0.25) is 0 Å². The minimum Gasteiger partial charge on any atom is -0.444 e. The van der Waals surface area contributed by atoms with Crippen LogP contribution in [0.15, 0.2) is 0 Å². The summed E-state index contributed by atoms with van der Waals surface area (Å²) in [6.45, 7) is 7.83. The molecule has 88 valence electrons. The first-order valence-corrected chi connectivity index (χ1v) is 5.02. The van der Waals surface area contributed by atoms with Crippen molar-refractivity contribution in [1.29, 1.82) is 0 Å². The Balaban J connectivity index is 2.22. The summed E-state index contributed by atoms with van der Waals surface area (Å²) in [6.07, 6.45) is -1.21. The third-order valence-electron chi connectivity index (χ3n) is 2.14. The lowest BCUT2D eigenvalue weighted by Crippen LogP contribution is -2.41. The number of ether oxygens (including phenoxy) is 2. The predicted molar refractivity (Wildman–Crippen MR) is 54.6 cm³/mol. The maximum Gasteiger partial charge on any atom is 0.407 e. The molecule has 1 aliphatic heterocycles. The molecule has 0 aromatic carbocycles. The molecule has 0 aromatic heterocycles. The minimum atomic E-state index is -0.690. The van der Waals surface area contributed by atoms with Crippen molar-refractivity contribution in [2.24, 2.45) is 0 Å². The van der Waals surface area contributed by atoms with Crippen molar-refractivity contribution in [2.45, 2.75) is 45.0 Å². The van der Waals surface area contributed by atoms with E-state index in [0.717, 1.165) is 0 Å². The van der Waals surface area contributed by atoms with Gasteiger partial charge in [0.1, 0.15) is 17.3 Å². The van der Waals surface area contributed by atoms with E-state index in [1.54, 1.807) is 27.7 Å². The second-order valence-corrected chi connectivity index (χ2v) is 5.00. The molecule has 1 unspecified atom stereocenters. The van der Waals surface area contributed by atoms with Gasteiger partial charge in [-0.1, -0.05) is 0 Å². The van der Waals surface area contributed by atoms with Crippen LogP contribution in [0.5, 0.6) is 0 Å². The number of carbonyl (C=O) groups is 1. The largest absolute Gasteiger partial charge is 0.444 e. The second-order valence-electron chi connectivity index (χ2n) is 5.00. The molecule has 0 aromatic rings. The number of alkyl carbamates (subject to hydrolysis) is 1. The number of amides is 1. The molecule has 1 heterocycles. The summed E-state index contributed by atoms with van der Waals surface area (Å²) in [4.78, 5) is 11.2. The van der Waals surface area contributed by atoms with Crippen LogP contribution in [-0.2, 0) is 9.47 Å². The normalized spacial score (nSPS) is 27.0. The van der Waals surface area contributed by atoms with E-state index >= 15 is 0 Å². The van der Waals surface area contributed by atoms with E-state index < -0.39 is 23.4 Å². The zero-order valence-electron chi connectivity index (χ0n) is 9.66. The Labute approximate surface area is 89.8 Å². The molecule has 0 bridgehead atoms. The first-order chi connectivity index (χ1) is 6.73. The monoisotopic (exact) mass is 217 g/mol. The van der Waals surface area contributed by atoms with Crippen molar-refractivity contribution in [3.05, 3.63) is 0 Å². The summed E-state index contributed by atoms with van der Waals surface area (Å²) < 4.78 is 10.1. The van der Waals surface area contributed by atoms with E-state index in [1.807, 2.05) is 0 Å². The SMILES string of the molecule is CC(C)(C)OC(=O)NC[C@@H](O)C1(C)CO1. The van der Waals surface area contributed by atoms with Crippen LogP contribution in [-0.4, -0.2) is 41.7 Å². The van der Waals surface area contributed by atoms with Crippen LogP contribution in [0.1, 0.15) is 27.7 Å². The van der Waals surface area contributed by atoms with Crippen LogP contribution < -0.4 is 5.32 Å². The first-order valence-electron chi connectivity index (χ1n) is 5.02. The highest BCUT2D eigenvalue weighted by Crippen LogP contribution is 2.29. The predicted octanol–water partition coefficient (Wildman–Crippen LogP) is 0.661. The fourth-order valence-corrected chi connectivity index (χ4v) is 1.02. The Hall–Kier alpha value is -0.810. The van der Waals surface area contributed by atoms with Gasteiger partial charge in [0.15, 0.2) is 0 Å². The number of rotatable bonds is 3. The fraction of sp³-hybridized carbons (Fsp3) is 0.900. The minimum absolute atomic E-state index is 0.144. The molecule has 5 heteroatoms. The highest BCUT2D eigenvalue weighted by molar-refractivity contribution is 5.67. The van der Waals surface area contributed by atoms with Gasteiger partial charge in [0.25, 0.3) is 0 Å². The summed E-state index contributed by atoms with van der Waals surface area (Å²) in [6, 6.07) is 0. The summed E-state index contributed by atoms with van der Waals surface area (Å²) in [5.74, 6) is 0. The Morgan fingerprint density at radius 2 is 2.20 bits per heavy atom. The number of hydrogen-bond donors (Lipinski definition) is 2. The standard InChI is InChI=1S/C10H19NO4/c1-9(2,3)15-8(13)11-5-7(12)10(4)6-14-10/h7,12H,5-6H2,1-4H3,(H,11,13)/t7-,10?/m1/s1. The molecule has 5 nitrogen and oxygen atoms in total. The lowest BCUT2D eigenvalue weighted by Gasteiger charge is -2.21. The van der Waals surface area contributed by atoms with Gasteiger partial charge in [-0.15, -0.1) is 0 Å². The second kappa shape index (κ2) is 3.98. The van der Waals surface area contributed by atoms with E-state index in [4.69, 9.17) is 9.47 Å². The molecule has 15 heavy (non-hydrogen) atoms. The van der Waals surface area contributed by atoms with Crippen molar-refractivity contribution in [3.8, 4) is 0 Å². The van der Waals surface area contributed by atoms with Gasteiger partial charge in [0.05, 0.1) is 6.61 Å². The van der Waals surface area contributed by atoms with Gasteiger partial charge in [-0.3, -0.25) is 0 Å². The number of nitrogens with one attached hydrogen (secondary N) is 1. The van der Waals surface area contributed by atoms with Crippen molar-refractivity contribution in [1.82, 2.24) is 5.32 Å². The van der Waals surface area contributed by atoms with Crippen molar-refractivity contribution < 1.29 is 19.4 Å². The molecule has 1 saturated heterocycles. The summed E-state index contributed by atoms with van der Waals surface area (Å²) in [7, 11) is 0. The Morgan fingerprint density at radius 1 is 1.67 bits per heavy atom. The summed E-state index contributed by atoms with van der Waals surface area (Å²) in [5.41, 5.74) is -1.01. The van der Waals surface area contributed by atoms with E-state index in [9.17, 15) is 9.90 Å². The third kappa shape index (κ3) is 4.05. The number of hydrogen-bond acceptors (Lipinski definition) is 4. The lowest BCUT2D eigenvalue weighted by atomic mass is 10.1. The highest BCUT2D eigenvalue weighted by Gasteiger charge is 2.46. The van der Waals surface area contributed by atoms with Gasteiger partial charge < -0.3 is 19.9 Å². The Kier molecular flexibility index (Phi) is 3.25. The average Bonchev–Trinajstić information content (AvgIpc) is 2.77. The van der Waals surface area contributed by atoms with Gasteiger partial charge in [-0.05, 0) is 27.7 Å². The molecule has 0 saturated carbocycles. The summed E-state index contributed by atoms with van der Waals surface area (Å²) in [5, 5.41) is 12.1. The Bertz CT molecular complexity index is 242. The number of aliphatic hydroxyl groups excluding tert-OH is 1. The zero-order chi connectivity index (χ0) is 11.7. The molecule has 2 atom stereocenters. The molecule has 0 radical (unpaired) electrons. The van der Waals surface area contributed by atoms with Gasteiger partial charge >= 0.3 is 6.09 Å². The molecule has 0 aliphatic carbocycles. The van der Waals surface area contributed by atoms with Crippen LogP contribution in [0.25, 0.3) is 0 Å². The smallest absolute Gasteiger partial charge is 0.407 e. The van der Waals surface area contributed by atoms with Crippen molar-refractivity contribution >= 4 is 6.09 Å². The lowest BCUT2D eigenvalue weighted by molar-refractivity contribution is 0.0430. The molecule has 1 amide bonds. The van der Waals surface area contributed by atoms with Crippen LogP contribution in [0, 0.1) is 0 Å². The van der Waals surface area contributed by atoms with E-state index in [1.165, 1.54) is 0 Å². The maximum absolute atomic E-state index is 11.2. The Morgan fingerprint density at radius 3 is 2.60 bits per heavy atom. The zero-order valence-corrected chi connectivity index (χ0v) is 9.66. The van der Waals surface area contributed by atoms with Gasteiger partial charge in [0.2, 0.25) is 0 Å². The first kappa shape index (κ1) is 12.3. The fourth-order valence-electron chi connectivity index (χ4n) is 1.02. The number of epoxide rings is 1. The molecule has 1 fully saturated rings. The highest BCUT2D eigenvalue weighted by atomic mass is 16.6. The number of carbonyl (C=O) groups excluding carboxylic acids is 1. The average molecular weight is 217 g/mol. The van der Waals surface area contributed by atoms with Crippen molar-refractivity contribution in [3.63, 3.8) is 0 Å². The van der Waals surface area contributed by atoms with Gasteiger partial charge in [-0.25, -0.2) is 4.79 Å². The van der Waals surface area contributed by atoms with E-state index in [-0.39, 0.29) is 6.54 Å². The van der Waals surface area contributed by atoms with Gasteiger partial charge in [0, 0.05) is 6.54 Å². The molecule has 1 aliphatic rings. The van der Waals surface area contributed by atoms with Crippen molar-refractivity contribution in [2.75, 3.05) is 13.2 Å². The van der Waals surface area contributed by atoms with Gasteiger partial charge in [-0.2, -0.15) is 0 Å². The van der Waals surface area contributed by atoms with Crippen LogP contribution >= 0.6 is 0 Å². The molecule has 2 N–H and O–H groups in total. The van der Waals surface area contributed by atoms with Crippen LogP contribution in [0.3, 0.4) is 0 Å². The summed E-state index contributed by atoms with van der Waals surface area (Å²) >= 11 is 0. The van der Waals surface area contributed by atoms with Crippen LogP contribution in [0.4, 0.5) is 4.79 Å². The maximum atomic E-state index is 11.2. The quantitative estimate of drug-likeness (QED) is 0.681. The number of aliphatic hydroxyl groups is 1. The molecular formula is C10H19NO4.